The fourth-order valence-corrected chi connectivity index (χ4v) is 0.726. The summed E-state index contributed by atoms with van der Waals surface area (Å²) in [6.07, 6.45) is 0. The Morgan fingerprint density at radius 3 is 1.90 bits per heavy atom. The van der Waals surface area contributed by atoms with E-state index in [-0.39, 0.29) is 20.3 Å². The van der Waals surface area contributed by atoms with Gasteiger partial charge >= 0.3 is 18.9 Å². The Bertz CT molecular complexity index is 177. The van der Waals surface area contributed by atoms with Crippen molar-refractivity contribution in [3.05, 3.63) is 30.3 Å². The van der Waals surface area contributed by atoms with Crippen LogP contribution in [0.2, 0.25) is 0 Å². The maximum Gasteiger partial charge on any atom is 1.00 e. The van der Waals surface area contributed by atoms with Gasteiger partial charge in [-0.3, -0.25) is 0 Å². The van der Waals surface area contributed by atoms with Gasteiger partial charge in [0.05, 0.1) is 0 Å². The van der Waals surface area contributed by atoms with Gasteiger partial charge in [-0.15, -0.1) is 0 Å². The fourth-order valence-electron chi connectivity index (χ4n) is 0.726. The predicted octanol–water partition coefficient (Wildman–Crippen LogP) is -1.13. The standard InChI is InChI=1S/C8H11N.Li.H/c1-9(2)8-6-4-3-5-7-8;;/h3-7H,1-2H3;;/q;+1;-1. The SMILES string of the molecule is CN(C)c1ccccc1.[H-].[Li+]. The molecule has 0 heterocycles. The Hall–Kier alpha value is -0.383. The van der Waals surface area contributed by atoms with Gasteiger partial charge in [-0.25, -0.2) is 0 Å². The average molecular weight is 129 g/mol. The molecule has 1 aromatic carbocycles. The Kier molecular flexibility index (Phi) is 4.27. The summed E-state index contributed by atoms with van der Waals surface area (Å²) in [7, 11) is 4.07. The summed E-state index contributed by atoms with van der Waals surface area (Å²) in [4.78, 5) is 2.08. The molecule has 0 aliphatic heterocycles. The zero-order valence-electron chi connectivity index (χ0n) is 7.83. The molecular weight excluding hydrogens is 117 g/mol. The molecule has 0 saturated carbocycles. The Labute approximate surface area is 75.7 Å². The summed E-state index contributed by atoms with van der Waals surface area (Å²) in [5, 5.41) is 0. The molecule has 0 aromatic heterocycles. The van der Waals surface area contributed by atoms with Crippen LogP contribution in [0.5, 0.6) is 0 Å². The van der Waals surface area contributed by atoms with E-state index in [1.165, 1.54) is 5.69 Å². The topological polar surface area (TPSA) is 3.24 Å². The van der Waals surface area contributed by atoms with Gasteiger partial charge < -0.3 is 6.33 Å². The molecule has 0 N–H and O–H groups in total. The smallest absolute Gasteiger partial charge is 1.00 e. The molecule has 1 aromatic rings. The van der Waals surface area contributed by atoms with Crippen molar-refractivity contribution in [3.8, 4) is 0 Å². The first-order valence-electron chi connectivity index (χ1n) is 3.03. The van der Waals surface area contributed by atoms with Crippen molar-refractivity contribution in [2.75, 3.05) is 19.0 Å². The van der Waals surface area contributed by atoms with Gasteiger partial charge in [-0.05, 0) is 12.1 Å². The van der Waals surface area contributed by atoms with Crippen LogP contribution in [0.4, 0.5) is 5.69 Å². The molecule has 0 atom stereocenters. The first-order valence-corrected chi connectivity index (χ1v) is 3.03. The third-order valence-electron chi connectivity index (χ3n) is 1.27. The largest absolute Gasteiger partial charge is 1.00 e. The summed E-state index contributed by atoms with van der Waals surface area (Å²) in [5.74, 6) is 0. The van der Waals surface area contributed by atoms with E-state index in [2.05, 4.69) is 17.0 Å². The van der Waals surface area contributed by atoms with Crippen LogP contribution in [0.3, 0.4) is 0 Å². The first kappa shape index (κ1) is 9.62. The molecule has 0 bridgehead atoms. The summed E-state index contributed by atoms with van der Waals surface area (Å²) in [5.41, 5.74) is 1.25. The van der Waals surface area contributed by atoms with Crippen molar-refractivity contribution < 1.29 is 20.3 Å². The molecule has 0 spiro atoms. The minimum absolute atomic E-state index is 0. The maximum atomic E-state index is 2.08. The number of anilines is 1. The Balaban J connectivity index is 0. The van der Waals surface area contributed by atoms with Crippen LogP contribution in [0, 0.1) is 0 Å². The molecule has 0 fully saturated rings. The first-order chi connectivity index (χ1) is 4.30. The van der Waals surface area contributed by atoms with Gasteiger partial charge in [0.15, 0.2) is 0 Å². The summed E-state index contributed by atoms with van der Waals surface area (Å²) >= 11 is 0. The molecule has 0 unspecified atom stereocenters. The van der Waals surface area contributed by atoms with E-state index in [1.807, 2.05) is 32.3 Å². The van der Waals surface area contributed by atoms with E-state index < -0.39 is 0 Å². The predicted molar refractivity (Wildman–Crippen MR) is 41.9 cm³/mol. The second-order valence-electron chi connectivity index (χ2n) is 2.23. The Morgan fingerprint density at radius 1 is 1.10 bits per heavy atom. The van der Waals surface area contributed by atoms with Gasteiger partial charge in [0.1, 0.15) is 0 Å². The molecule has 0 amide bonds. The normalized spacial score (nSPS) is 8.20. The molecule has 0 aliphatic carbocycles. The van der Waals surface area contributed by atoms with Crippen molar-refractivity contribution in [2.45, 2.75) is 0 Å². The van der Waals surface area contributed by atoms with Crippen LogP contribution >= 0.6 is 0 Å². The summed E-state index contributed by atoms with van der Waals surface area (Å²) < 4.78 is 0. The number of para-hydroxylation sites is 1. The van der Waals surface area contributed by atoms with Crippen molar-refractivity contribution in [1.29, 1.82) is 0 Å². The van der Waals surface area contributed by atoms with E-state index in [0.29, 0.717) is 0 Å². The minimum atomic E-state index is 0. The van der Waals surface area contributed by atoms with Crippen LogP contribution in [-0.2, 0) is 0 Å². The van der Waals surface area contributed by atoms with E-state index in [9.17, 15) is 0 Å². The quantitative estimate of drug-likeness (QED) is 0.434. The molecule has 2 heteroatoms. The molecule has 0 radical (unpaired) electrons. The van der Waals surface area contributed by atoms with E-state index >= 15 is 0 Å². The minimum Gasteiger partial charge on any atom is -1.00 e. The second-order valence-corrected chi connectivity index (χ2v) is 2.23. The molecule has 1 nitrogen and oxygen atoms in total. The average Bonchev–Trinajstić information content (AvgIpc) is 1.90. The van der Waals surface area contributed by atoms with Gasteiger partial charge in [0.2, 0.25) is 0 Å². The van der Waals surface area contributed by atoms with Gasteiger partial charge in [0.25, 0.3) is 0 Å². The molecule has 0 saturated heterocycles. The van der Waals surface area contributed by atoms with Crippen LogP contribution < -0.4 is 23.8 Å². The van der Waals surface area contributed by atoms with Crippen LogP contribution in [0.15, 0.2) is 30.3 Å². The zero-order valence-corrected chi connectivity index (χ0v) is 6.83. The van der Waals surface area contributed by atoms with Crippen molar-refractivity contribution in [2.24, 2.45) is 0 Å². The Morgan fingerprint density at radius 2 is 1.60 bits per heavy atom. The molecule has 0 aliphatic rings. The summed E-state index contributed by atoms with van der Waals surface area (Å²) in [6.45, 7) is 0. The zero-order chi connectivity index (χ0) is 6.69. The fraction of sp³-hybridized carbons (Fsp3) is 0.250. The van der Waals surface area contributed by atoms with Crippen molar-refractivity contribution >= 4 is 5.69 Å². The van der Waals surface area contributed by atoms with Gasteiger partial charge in [0, 0.05) is 19.8 Å². The van der Waals surface area contributed by atoms with Crippen molar-refractivity contribution in [1.82, 2.24) is 0 Å². The van der Waals surface area contributed by atoms with Crippen LogP contribution in [0.25, 0.3) is 0 Å². The number of benzene rings is 1. The van der Waals surface area contributed by atoms with E-state index in [1.54, 1.807) is 0 Å². The van der Waals surface area contributed by atoms with Gasteiger partial charge in [-0.1, -0.05) is 18.2 Å². The molecular formula is C8H12LiN. The monoisotopic (exact) mass is 129 g/mol. The van der Waals surface area contributed by atoms with Crippen LogP contribution in [0.1, 0.15) is 1.43 Å². The number of rotatable bonds is 1. The van der Waals surface area contributed by atoms with Crippen molar-refractivity contribution in [3.63, 3.8) is 0 Å². The van der Waals surface area contributed by atoms with Crippen LogP contribution in [-0.4, -0.2) is 14.1 Å². The maximum absolute atomic E-state index is 2.08. The second kappa shape index (κ2) is 4.44. The van der Waals surface area contributed by atoms with E-state index in [0.717, 1.165) is 0 Å². The van der Waals surface area contributed by atoms with E-state index in [4.69, 9.17) is 0 Å². The number of hydrogen-bond donors (Lipinski definition) is 0. The summed E-state index contributed by atoms with van der Waals surface area (Å²) in [6, 6.07) is 10.3. The van der Waals surface area contributed by atoms with Gasteiger partial charge in [-0.2, -0.15) is 0 Å². The number of hydrogen-bond acceptors (Lipinski definition) is 1. The molecule has 10 heavy (non-hydrogen) atoms. The molecule has 50 valence electrons. The number of nitrogens with zero attached hydrogens (tertiary/aromatic N) is 1. The third kappa shape index (κ3) is 2.47. The third-order valence-corrected chi connectivity index (χ3v) is 1.27. The molecule has 1 rings (SSSR count).